The molecule has 78 valence electrons. The van der Waals surface area contributed by atoms with E-state index in [0.29, 0.717) is 4.31 Å². The summed E-state index contributed by atoms with van der Waals surface area (Å²) in [6.45, 7) is 0. The number of para-hydroxylation sites is 1. The molecular weight excluding hydrogens is 224 g/mol. The third kappa shape index (κ3) is 2.35. The van der Waals surface area contributed by atoms with E-state index in [1.807, 2.05) is 0 Å². The summed E-state index contributed by atoms with van der Waals surface area (Å²) in [7, 11) is 0. The zero-order valence-electron chi connectivity index (χ0n) is 7.24. The second-order valence-electron chi connectivity index (χ2n) is 2.42. The average Bonchev–Trinajstić information content (AvgIpc) is 2.17. The highest BCUT2D eigenvalue weighted by Gasteiger charge is 2.19. The summed E-state index contributed by atoms with van der Waals surface area (Å²) >= 11 is 3.58. The highest BCUT2D eigenvalue weighted by Crippen LogP contribution is 2.24. The second kappa shape index (κ2) is 4.61. The van der Waals surface area contributed by atoms with Crippen molar-refractivity contribution in [2.24, 2.45) is 0 Å². The molecule has 0 aromatic heterocycles. The molecule has 0 radical (unpaired) electrons. The van der Waals surface area contributed by atoms with Gasteiger partial charge in [0.05, 0.1) is 0 Å². The maximum Gasteiger partial charge on any atom is 0.345 e. The van der Waals surface area contributed by atoms with E-state index in [9.17, 15) is 13.6 Å². The van der Waals surface area contributed by atoms with Gasteiger partial charge >= 0.3 is 6.03 Å². The van der Waals surface area contributed by atoms with Crippen LogP contribution in [-0.4, -0.2) is 6.03 Å². The van der Waals surface area contributed by atoms with Gasteiger partial charge in [0, 0.05) is 0 Å². The zero-order chi connectivity index (χ0) is 11.4. The van der Waals surface area contributed by atoms with E-state index in [2.05, 4.69) is 12.8 Å². The monoisotopic (exact) mass is 229 g/mol. The van der Waals surface area contributed by atoms with Gasteiger partial charge in [0.1, 0.15) is 5.69 Å². The first-order valence-corrected chi connectivity index (χ1v) is 4.10. The number of nitrogens with zero attached hydrogens (tertiary/aromatic N) is 2. The molecule has 0 spiro atoms. The molecule has 1 rings (SSSR count). The quantitative estimate of drug-likeness (QED) is 0.438. The minimum Gasteiger partial charge on any atom is -0.246 e. The lowest BCUT2D eigenvalue weighted by atomic mass is 10.3. The van der Waals surface area contributed by atoms with Crippen LogP contribution in [0.2, 0.25) is 0 Å². The lowest BCUT2D eigenvalue weighted by Gasteiger charge is -2.15. The lowest BCUT2D eigenvalue weighted by Crippen LogP contribution is -2.31. The van der Waals surface area contributed by atoms with Gasteiger partial charge in [0.15, 0.2) is 17.8 Å². The number of amides is 2. The molecule has 0 aliphatic carbocycles. The summed E-state index contributed by atoms with van der Waals surface area (Å²) in [4.78, 5) is 11.0. The van der Waals surface area contributed by atoms with Gasteiger partial charge in [-0.2, -0.15) is 5.26 Å². The molecule has 0 atom stereocenters. The Balaban J connectivity index is 3.06. The van der Waals surface area contributed by atoms with Crippen molar-refractivity contribution in [1.29, 1.82) is 5.26 Å². The average molecular weight is 229 g/mol. The molecule has 0 aliphatic rings. The molecule has 0 unspecified atom stereocenters. The molecule has 0 fully saturated rings. The molecule has 2 amide bonds. The molecule has 7 heteroatoms. The van der Waals surface area contributed by atoms with Gasteiger partial charge in [-0.25, -0.2) is 23.2 Å². The molecule has 1 aromatic rings. The third-order valence-corrected chi connectivity index (χ3v) is 1.89. The van der Waals surface area contributed by atoms with Crippen LogP contribution in [0.3, 0.4) is 0 Å². The number of thiol groups is 1. The van der Waals surface area contributed by atoms with Crippen molar-refractivity contribution in [3.8, 4) is 6.19 Å². The summed E-state index contributed by atoms with van der Waals surface area (Å²) in [6.07, 6.45) is 1.32. The van der Waals surface area contributed by atoms with Gasteiger partial charge < -0.3 is 0 Å². The van der Waals surface area contributed by atoms with E-state index in [1.54, 1.807) is 5.32 Å². The largest absolute Gasteiger partial charge is 0.345 e. The van der Waals surface area contributed by atoms with Crippen LogP contribution < -0.4 is 9.62 Å². The molecule has 0 saturated carbocycles. The number of nitriles is 1. The molecule has 0 saturated heterocycles. The van der Waals surface area contributed by atoms with E-state index < -0.39 is 23.4 Å². The Bertz CT molecular complexity index is 412. The van der Waals surface area contributed by atoms with Gasteiger partial charge in [-0.3, -0.25) is 0 Å². The van der Waals surface area contributed by atoms with Crippen LogP contribution in [0.5, 0.6) is 0 Å². The summed E-state index contributed by atoms with van der Waals surface area (Å²) < 4.78 is 26.6. The molecule has 15 heavy (non-hydrogen) atoms. The van der Waals surface area contributed by atoms with Gasteiger partial charge in [-0.05, 0) is 12.1 Å². The molecule has 0 aliphatic heterocycles. The van der Waals surface area contributed by atoms with Crippen LogP contribution in [0.25, 0.3) is 0 Å². The maximum absolute atomic E-state index is 13.1. The number of rotatable bonds is 1. The number of carbonyl (C=O) groups is 1. The van der Waals surface area contributed by atoms with Crippen LogP contribution >= 0.6 is 12.8 Å². The van der Waals surface area contributed by atoms with E-state index in [4.69, 9.17) is 5.26 Å². The minimum absolute atomic E-state index is 0.383. The summed E-state index contributed by atoms with van der Waals surface area (Å²) in [5.41, 5.74) is -0.631. The van der Waals surface area contributed by atoms with Crippen LogP contribution in [-0.2, 0) is 0 Å². The first-order valence-electron chi connectivity index (χ1n) is 3.70. The predicted molar refractivity (Wildman–Crippen MR) is 52.0 cm³/mol. The zero-order valence-corrected chi connectivity index (χ0v) is 8.13. The van der Waals surface area contributed by atoms with Crippen molar-refractivity contribution >= 4 is 24.5 Å². The molecule has 4 nitrogen and oxygen atoms in total. The second-order valence-corrected chi connectivity index (χ2v) is 2.82. The SMILES string of the molecule is N#CNC(=O)N(S)c1c(F)cccc1F. The minimum atomic E-state index is -1.04. The highest BCUT2D eigenvalue weighted by atomic mass is 32.1. The first kappa shape index (κ1) is 11.3. The van der Waals surface area contributed by atoms with Crippen LogP contribution in [0.1, 0.15) is 0 Å². The van der Waals surface area contributed by atoms with E-state index >= 15 is 0 Å². The topological polar surface area (TPSA) is 56.1 Å². The third-order valence-electron chi connectivity index (χ3n) is 1.50. The maximum atomic E-state index is 13.1. The summed E-state index contributed by atoms with van der Waals surface area (Å²) in [5, 5.41) is 9.82. The van der Waals surface area contributed by atoms with Crippen LogP contribution in [0.4, 0.5) is 19.3 Å². The van der Waals surface area contributed by atoms with Crippen molar-refractivity contribution in [3.05, 3.63) is 29.8 Å². The number of nitrogens with one attached hydrogen (secondary N) is 1. The Morgan fingerprint density at radius 3 is 2.47 bits per heavy atom. The molecule has 0 bridgehead atoms. The number of anilines is 1. The normalized spacial score (nSPS) is 9.20. The Hall–Kier alpha value is -1.81. The number of hydrogen-bond donors (Lipinski definition) is 2. The van der Waals surface area contributed by atoms with Crippen molar-refractivity contribution < 1.29 is 13.6 Å². The van der Waals surface area contributed by atoms with Gasteiger partial charge in [0.25, 0.3) is 0 Å². The van der Waals surface area contributed by atoms with Crippen molar-refractivity contribution in [3.63, 3.8) is 0 Å². The van der Waals surface area contributed by atoms with Crippen LogP contribution in [0, 0.1) is 23.1 Å². The van der Waals surface area contributed by atoms with Crippen molar-refractivity contribution in [2.45, 2.75) is 0 Å². The number of carbonyl (C=O) groups excluding carboxylic acids is 1. The Morgan fingerprint density at radius 2 is 2.00 bits per heavy atom. The van der Waals surface area contributed by atoms with Crippen LogP contribution in [0.15, 0.2) is 18.2 Å². The van der Waals surface area contributed by atoms with Gasteiger partial charge in [-0.1, -0.05) is 18.9 Å². The fourth-order valence-corrected chi connectivity index (χ4v) is 1.13. The lowest BCUT2D eigenvalue weighted by molar-refractivity contribution is 0.253. The Morgan fingerprint density at radius 1 is 1.47 bits per heavy atom. The number of halogens is 2. The summed E-state index contributed by atoms with van der Waals surface area (Å²) in [5.74, 6) is -1.89. The first-order chi connectivity index (χ1) is 7.07. The van der Waals surface area contributed by atoms with E-state index in [-0.39, 0.29) is 0 Å². The standard InChI is InChI=1S/C8H5F2N3OS/c9-5-2-1-3-6(10)7(5)13(15)8(14)12-4-11/h1-3,15H,(H,12,14). The fourth-order valence-electron chi connectivity index (χ4n) is 0.894. The summed E-state index contributed by atoms with van der Waals surface area (Å²) in [6, 6.07) is 2.06. The van der Waals surface area contributed by atoms with E-state index in [0.717, 1.165) is 18.2 Å². The van der Waals surface area contributed by atoms with E-state index in [1.165, 1.54) is 6.19 Å². The number of benzene rings is 1. The highest BCUT2D eigenvalue weighted by molar-refractivity contribution is 7.82. The molecule has 1 N–H and O–H groups in total. The van der Waals surface area contributed by atoms with Crippen molar-refractivity contribution in [2.75, 3.05) is 4.31 Å². The molecule has 1 aromatic carbocycles. The number of urea groups is 1. The smallest absolute Gasteiger partial charge is 0.246 e. The van der Waals surface area contributed by atoms with Gasteiger partial charge in [-0.15, -0.1) is 0 Å². The molecule has 0 heterocycles. The van der Waals surface area contributed by atoms with Crippen molar-refractivity contribution in [1.82, 2.24) is 5.32 Å². The number of hydrogen-bond acceptors (Lipinski definition) is 3. The predicted octanol–water partition coefficient (Wildman–Crippen LogP) is 1.81. The van der Waals surface area contributed by atoms with Gasteiger partial charge in [0.2, 0.25) is 0 Å². The fraction of sp³-hybridized carbons (Fsp3) is 0. The molecular formula is C8H5F2N3OS. The Labute approximate surface area is 89.6 Å². The Kier molecular flexibility index (Phi) is 3.46.